The van der Waals surface area contributed by atoms with E-state index in [0.29, 0.717) is 31.4 Å². The third-order valence-corrected chi connectivity index (χ3v) is 2.98. The number of pyridine rings is 1. The number of methoxy groups -OCH3 is 2. The average Bonchev–Trinajstić information content (AvgIpc) is 2.44. The highest BCUT2D eigenvalue weighted by Gasteiger charge is 2.10. The van der Waals surface area contributed by atoms with Crippen LogP contribution in [0.3, 0.4) is 0 Å². The summed E-state index contributed by atoms with van der Waals surface area (Å²) in [7, 11) is 3.26. The molecule has 120 valence electrons. The molecule has 1 unspecified atom stereocenters. The van der Waals surface area contributed by atoms with Crippen LogP contribution in [0.25, 0.3) is 0 Å². The molecule has 1 rings (SSSR count). The maximum absolute atomic E-state index is 13.4. The molecule has 1 heterocycles. The number of nitrogens with zero attached hydrogens (tertiary/aromatic N) is 1. The molecule has 1 atom stereocenters. The van der Waals surface area contributed by atoms with Gasteiger partial charge in [0.25, 0.3) is 0 Å². The predicted octanol–water partition coefficient (Wildman–Crippen LogP) is 2.04. The monoisotopic (exact) mass is 299 g/mol. The van der Waals surface area contributed by atoms with Gasteiger partial charge >= 0.3 is 0 Å². The van der Waals surface area contributed by atoms with Crippen molar-refractivity contribution in [2.75, 3.05) is 39.2 Å². The van der Waals surface area contributed by atoms with Crippen molar-refractivity contribution in [1.29, 1.82) is 0 Å². The summed E-state index contributed by atoms with van der Waals surface area (Å²) in [6, 6.07) is 1.50. The normalized spacial score (nSPS) is 12.7. The molecule has 0 saturated carbocycles. The lowest BCUT2D eigenvalue weighted by Crippen LogP contribution is -2.28. The van der Waals surface area contributed by atoms with Crippen LogP contribution >= 0.6 is 0 Å². The van der Waals surface area contributed by atoms with Gasteiger partial charge < -0.3 is 20.1 Å². The largest absolute Gasteiger partial charge is 0.382 e. The van der Waals surface area contributed by atoms with Gasteiger partial charge in [-0.25, -0.2) is 9.37 Å². The Morgan fingerprint density at radius 3 is 2.67 bits per heavy atom. The van der Waals surface area contributed by atoms with E-state index in [2.05, 4.69) is 29.5 Å². The smallest absolute Gasteiger partial charge is 0.141 e. The Morgan fingerprint density at radius 1 is 1.29 bits per heavy atom. The van der Waals surface area contributed by atoms with E-state index in [0.717, 1.165) is 12.1 Å². The maximum atomic E-state index is 13.4. The van der Waals surface area contributed by atoms with Crippen molar-refractivity contribution in [2.24, 2.45) is 5.92 Å². The van der Waals surface area contributed by atoms with E-state index in [1.165, 1.54) is 12.3 Å². The fraction of sp³-hybridized carbons (Fsp3) is 0.667. The minimum Gasteiger partial charge on any atom is -0.382 e. The molecular weight excluding hydrogens is 273 g/mol. The number of nitrogens with one attached hydrogen (secondary N) is 2. The van der Waals surface area contributed by atoms with Crippen LogP contribution in [-0.4, -0.2) is 45.0 Å². The molecule has 1 aromatic rings. The van der Waals surface area contributed by atoms with E-state index in [-0.39, 0.29) is 11.9 Å². The third kappa shape index (κ3) is 6.84. The second-order valence-electron chi connectivity index (χ2n) is 5.38. The number of halogens is 1. The van der Waals surface area contributed by atoms with Gasteiger partial charge in [0, 0.05) is 32.9 Å². The molecule has 5 nitrogen and oxygen atoms in total. The van der Waals surface area contributed by atoms with Crippen LogP contribution in [0.2, 0.25) is 0 Å². The molecule has 2 N–H and O–H groups in total. The zero-order valence-corrected chi connectivity index (χ0v) is 13.3. The number of aromatic nitrogens is 1. The first-order valence-corrected chi connectivity index (χ1v) is 7.17. The SMILES string of the molecule is COCC(CNc1ncc(F)cc1CNCC(C)C)OC. The highest BCUT2D eigenvalue weighted by Crippen LogP contribution is 2.14. The first-order chi connectivity index (χ1) is 10.1. The molecule has 0 aliphatic carbocycles. The molecule has 0 aliphatic heterocycles. The Balaban J connectivity index is 2.63. The van der Waals surface area contributed by atoms with E-state index >= 15 is 0 Å². The Hall–Kier alpha value is -1.24. The Labute approximate surface area is 126 Å². The molecule has 0 fully saturated rings. The van der Waals surface area contributed by atoms with Crippen LogP contribution < -0.4 is 10.6 Å². The standard InChI is InChI=1S/C15H26FN3O2/c1-11(2)6-17-7-12-5-13(16)8-18-15(12)19-9-14(21-4)10-20-3/h5,8,11,14,17H,6-7,9-10H2,1-4H3,(H,18,19). The number of hydrogen-bond donors (Lipinski definition) is 2. The van der Waals surface area contributed by atoms with E-state index in [9.17, 15) is 4.39 Å². The summed E-state index contributed by atoms with van der Waals surface area (Å²) in [6.45, 7) is 6.76. The lowest BCUT2D eigenvalue weighted by atomic mass is 10.2. The molecule has 0 amide bonds. The van der Waals surface area contributed by atoms with Gasteiger partial charge in [-0.15, -0.1) is 0 Å². The summed E-state index contributed by atoms with van der Waals surface area (Å²) in [5.41, 5.74) is 0.808. The van der Waals surface area contributed by atoms with Gasteiger partial charge in [-0.1, -0.05) is 13.8 Å². The van der Waals surface area contributed by atoms with Crippen LogP contribution in [0.15, 0.2) is 12.3 Å². The fourth-order valence-electron chi connectivity index (χ4n) is 1.88. The van der Waals surface area contributed by atoms with Gasteiger partial charge in [-0.2, -0.15) is 0 Å². The molecule has 0 saturated heterocycles. The number of rotatable bonds is 10. The second-order valence-corrected chi connectivity index (χ2v) is 5.38. The quantitative estimate of drug-likeness (QED) is 0.692. The van der Waals surface area contributed by atoms with Crippen LogP contribution in [0, 0.1) is 11.7 Å². The highest BCUT2D eigenvalue weighted by molar-refractivity contribution is 5.44. The van der Waals surface area contributed by atoms with Crippen molar-refractivity contribution >= 4 is 5.82 Å². The van der Waals surface area contributed by atoms with Crippen molar-refractivity contribution < 1.29 is 13.9 Å². The van der Waals surface area contributed by atoms with E-state index in [4.69, 9.17) is 9.47 Å². The number of anilines is 1. The zero-order valence-electron chi connectivity index (χ0n) is 13.3. The zero-order chi connectivity index (χ0) is 15.7. The van der Waals surface area contributed by atoms with Gasteiger partial charge in [-0.3, -0.25) is 0 Å². The molecule has 1 aromatic heterocycles. The molecule has 6 heteroatoms. The minimum absolute atomic E-state index is 0.0710. The van der Waals surface area contributed by atoms with Crippen LogP contribution in [-0.2, 0) is 16.0 Å². The summed E-state index contributed by atoms with van der Waals surface area (Å²) in [5.74, 6) is 0.885. The summed E-state index contributed by atoms with van der Waals surface area (Å²) in [6.07, 6.45) is 1.14. The van der Waals surface area contributed by atoms with Gasteiger partial charge in [0.15, 0.2) is 0 Å². The second kappa shape index (κ2) is 9.65. The minimum atomic E-state index is -0.331. The van der Waals surface area contributed by atoms with Gasteiger partial charge in [-0.05, 0) is 18.5 Å². The number of ether oxygens (including phenoxy) is 2. The summed E-state index contributed by atoms with van der Waals surface area (Å²) >= 11 is 0. The summed E-state index contributed by atoms with van der Waals surface area (Å²) in [4.78, 5) is 4.12. The molecule has 0 bridgehead atoms. The first-order valence-electron chi connectivity index (χ1n) is 7.17. The topological polar surface area (TPSA) is 55.4 Å². The van der Waals surface area contributed by atoms with E-state index in [1.807, 2.05) is 0 Å². The van der Waals surface area contributed by atoms with Crippen molar-refractivity contribution in [3.63, 3.8) is 0 Å². The summed E-state index contributed by atoms with van der Waals surface area (Å²) < 4.78 is 23.7. The van der Waals surface area contributed by atoms with E-state index in [1.54, 1.807) is 14.2 Å². The van der Waals surface area contributed by atoms with Gasteiger partial charge in [0.2, 0.25) is 0 Å². The van der Waals surface area contributed by atoms with Crippen LogP contribution in [0.4, 0.5) is 10.2 Å². The Kier molecular flexibility index (Phi) is 8.19. The molecule has 21 heavy (non-hydrogen) atoms. The lowest BCUT2D eigenvalue weighted by Gasteiger charge is -2.17. The van der Waals surface area contributed by atoms with Crippen LogP contribution in [0.1, 0.15) is 19.4 Å². The fourth-order valence-corrected chi connectivity index (χ4v) is 1.88. The first kappa shape index (κ1) is 17.8. The van der Waals surface area contributed by atoms with Crippen molar-refractivity contribution in [3.8, 4) is 0 Å². The molecule has 0 spiro atoms. The lowest BCUT2D eigenvalue weighted by molar-refractivity contribution is 0.0365. The number of hydrogen-bond acceptors (Lipinski definition) is 5. The summed E-state index contributed by atoms with van der Waals surface area (Å²) in [5, 5.41) is 6.48. The highest BCUT2D eigenvalue weighted by atomic mass is 19.1. The average molecular weight is 299 g/mol. The molecule has 0 aromatic carbocycles. The van der Waals surface area contributed by atoms with Gasteiger partial charge in [0.05, 0.1) is 18.9 Å². The van der Waals surface area contributed by atoms with E-state index < -0.39 is 0 Å². The molecular formula is C15H26FN3O2. The maximum Gasteiger partial charge on any atom is 0.141 e. The molecule has 0 radical (unpaired) electrons. The Bertz CT molecular complexity index is 416. The molecule has 0 aliphatic rings. The Morgan fingerprint density at radius 2 is 2.05 bits per heavy atom. The van der Waals surface area contributed by atoms with Crippen LogP contribution in [0.5, 0.6) is 0 Å². The third-order valence-electron chi connectivity index (χ3n) is 2.98. The van der Waals surface area contributed by atoms with Crippen molar-refractivity contribution in [1.82, 2.24) is 10.3 Å². The van der Waals surface area contributed by atoms with Gasteiger partial charge in [0.1, 0.15) is 11.6 Å². The van der Waals surface area contributed by atoms with Crippen molar-refractivity contribution in [3.05, 3.63) is 23.6 Å². The predicted molar refractivity (Wildman–Crippen MR) is 81.9 cm³/mol. The van der Waals surface area contributed by atoms with Crippen molar-refractivity contribution in [2.45, 2.75) is 26.5 Å².